The molecule has 1 aromatic rings. The summed E-state index contributed by atoms with van der Waals surface area (Å²) in [4.78, 5) is 48.2. The number of nitrogen functional groups attached to an aromatic ring is 1. The largest absolute Gasteiger partial charge is 0.457 e. The van der Waals surface area contributed by atoms with Gasteiger partial charge >= 0.3 is 11.7 Å². The van der Waals surface area contributed by atoms with Gasteiger partial charge in [0.25, 0.3) is 5.56 Å². The van der Waals surface area contributed by atoms with Gasteiger partial charge in [0.05, 0.1) is 5.92 Å². The SMILES string of the molecule is C[C@@H]1C[C@H]1C(=O)OCC(=O)c1c(N)n(C)c(=O)[nH]c1=O. The molecule has 0 bridgehead atoms. The van der Waals surface area contributed by atoms with Crippen LogP contribution in [0, 0.1) is 11.8 Å². The summed E-state index contributed by atoms with van der Waals surface area (Å²) in [5.74, 6) is -1.34. The van der Waals surface area contributed by atoms with Crippen LogP contribution in [0.5, 0.6) is 0 Å². The van der Waals surface area contributed by atoms with E-state index in [2.05, 4.69) is 0 Å². The molecule has 1 saturated carbocycles. The molecule has 108 valence electrons. The van der Waals surface area contributed by atoms with Crippen molar-refractivity contribution in [3.05, 3.63) is 26.4 Å². The smallest absolute Gasteiger partial charge is 0.329 e. The predicted molar refractivity (Wildman–Crippen MR) is 69.3 cm³/mol. The Hall–Kier alpha value is -2.38. The van der Waals surface area contributed by atoms with Gasteiger partial charge in [0.2, 0.25) is 5.78 Å². The molecule has 1 aliphatic carbocycles. The highest BCUT2D eigenvalue weighted by Crippen LogP contribution is 2.38. The van der Waals surface area contributed by atoms with E-state index in [4.69, 9.17) is 10.5 Å². The zero-order valence-corrected chi connectivity index (χ0v) is 11.1. The molecule has 2 atom stereocenters. The molecular formula is C12H15N3O5. The number of aromatic nitrogens is 2. The zero-order valence-electron chi connectivity index (χ0n) is 11.1. The Morgan fingerprint density at radius 3 is 2.60 bits per heavy atom. The van der Waals surface area contributed by atoms with E-state index in [9.17, 15) is 19.2 Å². The van der Waals surface area contributed by atoms with Gasteiger partial charge in [-0.25, -0.2) is 4.79 Å². The van der Waals surface area contributed by atoms with E-state index in [1.165, 1.54) is 7.05 Å². The number of aromatic amines is 1. The van der Waals surface area contributed by atoms with Crippen molar-refractivity contribution in [2.75, 3.05) is 12.3 Å². The second kappa shape index (κ2) is 4.95. The standard InChI is InChI=1S/C12H15N3O5/c1-5-3-6(5)11(18)20-4-7(16)8-9(13)15(2)12(19)14-10(8)17/h5-6H,3-4,13H2,1-2H3,(H,14,17,19)/t5-,6-/m1/s1. The highest BCUT2D eigenvalue weighted by atomic mass is 16.5. The van der Waals surface area contributed by atoms with E-state index in [-0.39, 0.29) is 23.2 Å². The van der Waals surface area contributed by atoms with Gasteiger partial charge in [-0.15, -0.1) is 0 Å². The quantitative estimate of drug-likeness (QED) is 0.541. The summed E-state index contributed by atoms with van der Waals surface area (Å²) in [6.45, 7) is 1.34. The van der Waals surface area contributed by atoms with Gasteiger partial charge in [-0.05, 0) is 12.3 Å². The summed E-state index contributed by atoms with van der Waals surface area (Å²) < 4.78 is 5.79. The molecule has 0 radical (unpaired) electrons. The van der Waals surface area contributed by atoms with Crippen molar-refractivity contribution in [1.29, 1.82) is 0 Å². The number of esters is 1. The third-order valence-corrected chi connectivity index (χ3v) is 3.41. The number of carbonyl (C=O) groups excluding carboxylic acids is 2. The van der Waals surface area contributed by atoms with Crippen LogP contribution in [0.25, 0.3) is 0 Å². The third kappa shape index (κ3) is 2.49. The number of carbonyl (C=O) groups is 2. The Kier molecular flexibility index (Phi) is 3.47. The molecule has 8 nitrogen and oxygen atoms in total. The molecule has 2 rings (SSSR count). The number of nitrogens with zero attached hydrogens (tertiary/aromatic N) is 1. The highest BCUT2D eigenvalue weighted by Gasteiger charge is 2.40. The number of nitrogens with one attached hydrogen (secondary N) is 1. The molecular weight excluding hydrogens is 266 g/mol. The maximum absolute atomic E-state index is 11.9. The first-order valence-electron chi connectivity index (χ1n) is 6.11. The van der Waals surface area contributed by atoms with Crippen molar-refractivity contribution in [3.63, 3.8) is 0 Å². The average Bonchev–Trinajstić information content (AvgIpc) is 3.10. The number of anilines is 1. The van der Waals surface area contributed by atoms with Gasteiger partial charge in [0, 0.05) is 7.05 Å². The molecule has 0 saturated heterocycles. The minimum atomic E-state index is -0.883. The second-order valence-electron chi connectivity index (χ2n) is 4.93. The van der Waals surface area contributed by atoms with Gasteiger partial charge in [-0.3, -0.25) is 23.9 Å². The molecule has 0 unspecified atom stereocenters. The fourth-order valence-electron chi connectivity index (χ4n) is 1.87. The van der Waals surface area contributed by atoms with Gasteiger partial charge in [-0.2, -0.15) is 0 Å². The summed E-state index contributed by atoms with van der Waals surface area (Å²) in [7, 11) is 1.32. The van der Waals surface area contributed by atoms with Gasteiger partial charge in [0.1, 0.15) is 11.4 Å². The monoisotopic (exact) mass is 281 g/mol. The fraction of sp³-hybridized carbons (Fsp3) is 0.500. The number of hydrogen-bond donors (Lipinski definition) is 2. The number of ketones is 1. The molecule has 0 aliphatic heterocycles. The molecule has 3 N–H and O–H groups in total. The van der Waals surface area contributed by atoms with Crippen molar-refractivity contribution in [2.24, 2.45) is 18.9 Å². The Labute approximate surface area is 113 Å². The Morgan fingerprint density at radius 2 is 2.05 bits per heavy atom. The van der Waals surface area contributed by atoms with Crippen LogP contribution in [0.4, 0.5) is 5.82 Å². The number of H-pyrrole nitrogens is 1. The van der Waals surface area contributed by atoms with Crippen LogP contribution in [0.3, 0.4) is 0 Å². The van der Waals surface area contributed by atoms with E-state index in [0.29, 0.717) is 0 Å². The summed E-state index contributed by atoms with van der Waals surface area (Å²) in [5, 5.41) is 0. The molecule has 0 amide bonds. The molecule has 0 aromatic carbocycles. The van der Waals surface area contributed by atoms with Gasteiger partial charge in [0.15, 0.2) is 6.61 Å². The molecule has 1 heterocycles. The number of Topliss-reactive ketones (excluding diaryl/α,β-unsaturated/α-hetero) is 1. The van der Waals surface area contributed by atoms with Crippen molar-refractivity contribution >= 4 is 17.6 Å². The van der Waals surface area contributed by atoms with E-state index in [0.717, 1.165) is 11.0 Å². The summed E-state index contributed by atoms with van der Waals surface area (Å²) in [6.07, 6.45) is 0.746. The first-order chi connectivity index (χ1) is 9.32. The van der Waals surface area contributed by atoms with Crippen molar-refractivity contribution in [3.8, 4) is 0 Å². The second-order valence-corrected chi connectivity index (χ2v) is 4.93. The fourth-order valence-corrected chi connectivity index (χ4v) is 1.87. The Balaban J connectivity index is 2.14. The topological polar surface area (TPSA) is 124 Å². The number of hydrogen-bond acceptors (Lipinski definition) is 6. The summed E-state index contributed by atoms with van der Waals surface area (Å²) in [6, 6.07) is 0. The maximum Gasteiger partial charge on any atom is 0.329 e. The number of ether oxygens (including phenoxy) is 1. The lowest BCUT2D eigenvalue weighted by Crippen LogP contribution is -2.36. The van der Waals surface area contributed by atoms with Crippen molar-refractivity contribution in [2.45, 2.75) is 13.3 Å². The lowest BCUT2D eigenvalue weighted by molar-refractivity contribution is -0.144. The Bertz CT molecular complexity index is 687. The summed E-state index contributed by atoms with van der Waals surface area (Å²) >= 11 is 0. The molecule has 0 spiro atoms. The van der Waals surface area contributed by atoms with E-state index in [1.54, 1.807) is 0 Å². The minimum Gasteiger partial charge on any atom is -0.457 e. The molecule has 8 heteroatoms. The zero-order chi connectivity index (χ0) is 15.0. The van der Waals surface area contributed by atoms with E-state index < -0.39 is 29.6 Å². The van der Waals surface area contributed by atoms with E-state index in [1.807, 2.05) is 11.9 Å². The van der Waals surface area contributed by atoms with E-state index >= 15 is 0 Å². The lowest BCUT2D eigenvalue weighted by atomic mass is 10.2. The normalized spacial score (nSPS) is 20.5. The first-order valence-corrected chi connectivity index (χ1v) is 6.11. The van der Waals surface area contributed by atoms with Crippen LogP contribution in [-0.4, -0.2) is 27.9 Å². The number of nitrogens with two attached hydrogens (primary N) is 1. The molecule has 1 aromatic heterocycles. The summed E-state index contributed by atoms with van der Waals surface area (Å²) in [5.41, 5.74) is 3.60. The predicted octanol–water partition coefficient (Wildman–Crippen LogP) is -0.962. The van der Waals surface area contributed by atoms with Crippen LogP contribution in [0.2, 0.25) is 0 Å². The molecule has 20 heavy (non-hydrogen) atoms. The van der Waals surface area contributed by atoms with Gasteiger partial charge in [-0.1, -0.05) is 6.92 Å². The molecule has 1 fully saturated rings. The first kappa shape index (κ1) is 14.0. The van der Waals surface area contributed by atoms with Crippen LogP contribution >= 0.6 is 0 Å². The Morgan fingerprint density at radius 1 is 1.45 bits per heavy atom. The maximum atomic E-state index is 11.9. The van der Waals surface area contributed by atoms with Crippen LogP contribution in [0.1, 0.15) is 23.7 Å². The van der Waals surface area contributed by atoms with Crippen molar-refractivity contribution in [1.82, 2.24) is 9.55 Å². The third-order valence-electron chi connectivity index (χ3n) is 3.41. The average molecular weight is 281 g/mol. The minimum absolute atomic E-state index is 0.168. The highest BCUT2D eigenvalue weighted by molar-refractivity contribution is 6.01. The van der Waals surface area contributed by atoms with Crippen molar-refractivity contribution < 1.29 is 14.3 Å². The van der Waals surface area contributed by atoms with Crippen LogP contribution in [-0.2, 0) is 16.6 Å². The van der Waals surface area contributed by atoms with Crippen LogP contribution in [0.15, 0.2) is 9.59 Å². The number of rotatable bonds is 4. The van der Waals surface area contributed by atoms with Crippen LogP contribution < -0.4 is 17.0 Å². The molecule has 1 aliphatic rings. The van der Waals surface area contributed by atoms with Gasteiger partial charge < -0.3 is 10.5 Å². The lowest BCUT2D eigenvalue weighted by Gasteiger charge is -2.08.